The monoisotopic (exact) mass is 552 g/mol. The second-order valence-corrected chi connectivity index (χ2v) is 11.6. The molecule has 0 saturated heterocycles. The molecule has 1 heterocycles. The molecule has 0 saturated carbocycles. The first-order chi connectivity index (χ1) is 21.1. The molecule has 0 fully saturated rings. The minimum absolute atomic E-state index is 0.762. The zero-order chi connectivity index (χ0) is 29.1. The Labute approximate surface area is 251 Å². The predicted octanol–water partition coefficient (Wildman–Crippen LogP) is 10.4. The minimum atomic E-state index is 0.762. The van der Waals surface area contributed by atoms with Crippen LogP contribution in [0.25, 0.3) is 65.5 Å². The Morgan fingerprint density at radius 3 is 2.12 bits per heavy atom. The van der Waals surface area contributed by atoms with Crippen molar-refractivity contribution in [3.63, 3.8) is 0 Å². The topological polar surface area (TPSA) is 30.9 Å². The van der Waals surface area contributed by atoms with Gasteiger partial charge in [0.05, 0.1) is 11.0 Å². The van der Waals surface area contributed by atoms with Crippen LogP contribution >= 0.6 is 0 Å². The van der Waals surface area contributed by atoms with Gasteiger partial charge in [-0.05, 0) is 82.3 Å². The molecule has 0 atom stereocenters. The number of fused-ring (bicyclic) bond motifs is 10. The van der Waals surface area contributed by atoms with Crippen molar-refractivity contribution >= 4 is 59.8 Å². The molecule has 2 N–H and O–H groups in total. The summed E-state index contributed by atoms with van der Waals surface area (Å²) >= 11 is 0. The van der Waals surface area contributed by atoms with E-state index in [-0.39, 0.29) is 0 Å². The molecular formula is C41H32N2. The van der Waals surface area contributed by atoms with E-state index < -0.39 is 0 Å². The minimum Gasteiger partial charge on any atom is -0.398 e. The van der Waals surface area contributed by atoms with Gasteiger partial charge in [0.1, 0.15) is 0 Å². The highest BCUT2D eigenvalue weighted by Crippen LogP contribution is 2.45. The molecule has 0 aliphatic carbocycles. The van der Waals surface area contributed by atoms with Gasteiger partial charge < -0.3 is 10.3 Å². The Balaban J connectivity index is 1.46. The lowest BCUT2D eigenvalue weighted by Crippen LogP contribution is -1.98. The van der Waals surface area contributed by atoms with Gasteiger partial charge >= 0.3 is 0 Å². The van der Waals surface area contributed by atoms with E-state index in [2.05, 4.69) is 134 Å². The molecule has 0 unspecified atom stereocenters. The fraction of sp³-hybridized carbons (Fsp3) is 0.0732. The highest BCUT2D eigenvalue weighted by atomic mass is 15.0. The van der Waals surface area contributed by atoms with Crippen LogP contribution in [0.2, 0.25) is 0 Å². The average molecular weight is 553 g/mol. The number of hydrogen-bond donors (Lipinski definition) is 1. The molecule has 43 heavy (non-hydrogen) atoms. The predicted molar refractivity (Wildman–Crippen MR) is 185 cm³/mol. The lowest BCUT2D eigenvalue weighted by atomic mass is 9.89. The number of benzene rings is 7. The van der Waals surface area contributed by atoms with Crippen LogP contribution in [0.15, 0.2) is 133 Å². The maximum atomic E-state index is 6.46. The van der Waals surface area contributed by atoms with E-state index in [1.54, 1.807) is 0 Å². The first-order valence-corrected chi connectivity index (χ1v) is 15.0. The van der Waals surface area contributed by atoms with Gasteiger partial charge in [-0.25, -0.2) is 0 Å². The quantitative estimate of drug-likeness (QED) is 0.216. The summed E-state index contributed by atoms with van der Waals surface area (Å²) in [4.78, 5) is 0. The molecule has 0 bridgehead atoms. The Hall–Kier alpha value is -5.34. The Bertz CT molecular complexity index is 2390. The molecule has 2 heteroatoms. The summed E-state index contributed by atoms with van der Waals surface area (Å²) in [6.07, 6.45) is 2.89. The molecule has 0 amide bonds. The Morgan fingerprint density at radius 2 is 1.28 bits per heavy atom. The molecule has 0 aliphatic heterocycles. The van der Waals surface area contributed by atoms with Gasteiger partial charge in [0.15, 0.2) is 0 Å². The van der Waals surface area contributed by atoms with E-state index in [0.717, 1.165) is 23.4 Å². The number of nitrogens with zero attached hydrogens (tertiary/aromatic N) is 1. The third-order valence-corrected chi connectivity index (χ3v) is 9.00. The van der Waals surface area contributed by atoms with Gasteiger partial charge in [0.25, 0.3) is 0 Å². The van der Waals surface area contributed by atoms with Crippen molar-refractivity contribution in [2.75, 3.05) is 0 Å². The highest BCUT2D eigenvalue weighted by Gasteiger charge is 2.21. The molecule has 1 aromatic heterocycles. The fourth-order valence-corrected chi connectivity index (χ4v) is 7.13. The van der Waals surface area contributed by atoms with E-state index in [4.69, 9.17) is 5.73 Å². The van der Waals surface area contributed by atoms with Crippen molar-refractivity contribution in [2.24, 2.45) is 5.73 Å². The van der Waals surface area contributed by atoms with E-state index in [0.29, 0.717) is 0 Å². The van der Waals surface area contributed by atoms with E-state index in [1.165, 1.54) is 70.8 Å². The van der Waals surface area contributed by atoms with E-state index in [1.807, 2.05) is 18.2 Å². The average Bonchev–Trinajstić information content (AvgIpc) is 3.39. The molecule has 8 rings (SSSR count). The molecule has 0 radical (unpaired) electrons. The number of aromatic nitrogens is 1. The van der Waals surface area contributed by atoms with Crippen LogP contribution in [0.5, 0.6) is 0 Å². The highest BCUT2D eigenvalue weighted by molar-refractivity contribution is 6.37. The molecule has 206 valence electrons. The molecule has 0 aliphatic rings. The van der Waals surface area contributed by atoms with Crippen LogP contribution in [-0.2, 0) is 6.42 Å². The zero-order valence-corrected chi connectivity index (χ0v) is 24.4. The number of allylic oxidation sites excluding steroid dienone is 1. The Kier molecular flexibility index (Phi) is 5.84. The maximum Gasteiger partial charge on any atom is 0.0626 e. The fourth-order valence-electron chi connectivity index (χ4n) is 7.13. The summed E-state index contributed by atoms with van der Waals surface area (Å²) in [5.74, 6) is 0. The summed E-state index contributed by atoms with van der Waals surface area (Å²) in [5.41, 5.74) is 15.8. The molecule has 2 nitrogen and oxygen atoms in total. The van der Waals surface area contributed by atoms with Crippen LogP contribution in [-0.4, -0.2) is 4.57 Å². The van der Waals surface area contributed by atoms with Gasteiger partial charge in [0, 0.05) is 32.9 Å². The summed E-state index contributed by atoms with van der Waals surface area (Å²) in [5, 5.41) is 10.5. The van der Waals surface area contributed by atoms with Crippen molar-refractivity contribution in [3.05, 3.63) is 156 Å². The summed E-state index contributed by atoms with van der Waals surface area (Å²) in [7, 11) is 0. The zero-order valence-electron chi connectivity index (χ0n) is 24.4. The largest absolute Gasteiger partial charge is 0.398 e. The van der Waals surface area contributed by atoms with Crippen molar-refractivity contribution in [3.8, 4) is 5.69 Å². The van der Waals surface area contributed by atoms with Gasteiger partial charge in [0.2, 0.25) is 0 Å². The second kappa shape index (κ2) is 9.89. The van der Waals surface area contributed by atoms with Crippen molar-refractivity contribution in [1.82, 2.24) is 4.57 Å². The van der Waals surface area contributed by atoms with E-state index in [9.17, 15) is 0 Å². The van der Waals surface area contributed by atoms with Crippen LogP contribution in [0.4, 0.5) is 0 Å². The smallest absolute Gasteiger partial charge is 0.0626 e. The van der Waals surface area contributed by atoms with Crippen molar-refractivity contribution in [2.45, 2.75) is 20.3 Å². The SMILES string of the molecule is Cc1cccc2c1c(C)cc1c3ccccc3c3c(c4ccccc4n3-c3cccc(C/C=C(\N)c4ccccc4)c3)c21. The molecule has 7 aromatic carbocycles. The van der Waals surface area contributed by atoms with Crippen LogP contribution in [0, 0.1) is 13.8 Å². The van der Waals surface area contributed by atoms with Crippen LogP contribution in [0.3, 0.4) is 0 Å². The van der Waals surface area contributed by atoms with Gasteiger partial charge in [-0.3, -0.25) is 0 Å². The first-order valence-electron chi connectivity index (χ1n) is 15.0. The number of aryl methyl sites for hydroxylation is 2. The normalized spacial score (nSPS) is 12.3. The number of para-hydroxylation sites is 1. The molecule has 8 aromatic rings. The van der Waals surface area contributed by atoms with Crippen LogP contribution < -0.4 is 5.73 Å². The van der Waals surface area contributed by atoms with Gasteiger partial charge in [-0.2, -0.15) is 0 Å². The second-order valence-electron chi connectivity index (χ2n) is 11.6. The lowest BCUT2D eigenvalue weighted by Gasteiger charge is -2.16. The van der Waals surface area contributed by atoms with Gasteiger partial charge in [-0.1, -0.05) is 115 Å². The van der Waals surface area contributed by atoms with Crippen LogP contribution in [0.1, 0.15) is 22.3 Å². The first kappa shape index (κ1) is 25.4. The Morgan fingerprint density at radius 1 is 0.581 bits per heavy atom. The molecular weight excluding hydrogens is 520 g/mol. The summed E-state index contributed by atoms with van der Waals surface area (Å²) in [6, 6.07) is 46.0. The third-order valence-electron chi connectivity index (χ3n) is 9.00. The number of hydrogen-bond acceptors (Lipinski definition) is 1. The summed E-state index contributed by atoms with van der Waals surface area (Å²) in [6.45, 7) is 4.48. The summed E-state index contributed by atoms with van der Waals surface area (Å²) < 4.78 is 2.47. The maximum absolute atomic E-state index is 6.46. The molecule has 0 spiro atoms. The number of rotatable bonds is 4. The van der Waals surface area contributed by atoms with Crippen molar-refractivity contribution in [1.29, 1.82) is 0 Å². The lowest BCUT2D eigenvalue weighted by molar-refractivity contribution is 1.16. The number of nitrogens with two attached hydrogens (primary N) is 1. The van der Waals surface area contributed by atoms with Crippen molar-refractivity contribution < 1.29 is 0 Å². The van der Waals surface area contributed by atoms with E-state index >= 15 is 0 Å². The standard InChI is InChI=1S/C41H32N2/c1-26-12-10-20-34-38(26)27(2)24-35-31-17-6-7-18-32(31)41-40(39(34)35)33-19-8-9-21-37(33)43(41)30-16-11-13-28(25-30)22-23-36(42)29-14-4-3-5-15-29/h3-21,23-25H,22,42H2,1-2H3/b36-23-. The third kappa shape index (κ3) is 3.94. The van der Waals surface area contributed by atoms with Gasteiger partial charge in [-0.15, -0.1) is 0 Å².